The Morgan fingerprint density at radius 1 is 1.23 bits per heavy atom. The molecule has 1 aliphatic heterocycles. The van der Waals surface area contributed by atoms with Gasteiger partial charge in [0.1, 0.15) is 18.2 Å². The number of halogens is 2. The Balaban J connectivity index is 1.27. The molecule has 7 nitrogen and oxygen atoms in total. The molecular weight excluding hydrogens is 473 g/mol. The van der Waals surface area contributed by atoms with Crippen LogP contribution < -0.4 is 9.47 Å². The highest BCUT2D eigenvalue weighted by atomic mass is 35.5. The van der Waals surface area contributed by atoms with E-state index in [-0.39, 0.29) is 6.61 Å². The highest BCUT2D eigenvalue weighted by Crippen LogP contribution is 2.29. The number of hydrogen-bond acceptors (Lipinski definition) is 6. The van der Waals surface area contributed by atoms with Gasteiger partial charge in [-0.05, 0) is 63.2 Å². The molecule has 3 aromatic rings. The number of ether oxygens (including phenoxy) is 2. The van der Waals surface area contributed by atoms with Crippen LogP contribution in [0.4, 0.5) is 4.39 Å². The Morgan fingerprint density at radius 2 is 2.03 bits per heavy atom. The number of aliphatic carboxylic acids is 1. The maximum absolute atomic E-state index is 14.0. The van der Waals surface area contributed by atoms with Crippen LogP contribution in [0.15, 0.2) is 54.7 Å². The number of pyridine rings is 2. The van der Waals surface area contributed by atoms with Gasteiger partial charge in [0.2, 0.25) is 5.88 Å². The molecule has 1 atom stereocenters. The van der Waals surface area contributed by atoms with Crippen LogP contribution in [-0.2, 0) is 17.9 Å². The summed E-state index contributed by atoms with van der Waals surface area (Å²) in [6.07, 6.45) is 2.56. The van der Waals surface area contributed by atoms with Crippen LogP contribution in [0.5, 0.6) is 11.6 Å². The summed E-state index contributed by atoms with van der Waals surface area (Å²) in [6.45, 7) is 4.10. The van der Waals surface area contributed by atoms with Crippen molar-refractivity contribution in [3.8, 4) is 11.6 Å². The molecule has 9 heteroatoms. The van der Waals surface area contributed by atoms with Crippen LogP contribution >= 0.6 is 11.6 Å². The van der Waals surface area contributed by atoms with Gasteiger partial charge in [0.05, 0.1) is 11.9 Å². The van der Waals surface area contributed by atoms with Gasteiger partial charge in [0.25, 0.3) is 0 Å². The van der Waals surface area contributed by atoms with Crippen molar-refractivity contribution < 1.29 is 23.8 Å². The van der Waals surface area contributed by atoms with Gasteiger partial charge in [-0.1, -0.05) is 23.7 Å². The minimum absolute atomic E-state index is 0.0873. The first kappa shape index (κ1) is 24.9. The van der Waals surface area contributed by atoms with Crippen LogP contribution in [-0.4, -0.2) is 45.1 Å². The lowest BCUT2D eigenvalue weighted by atomic mass is 9.93. The molecule has 0 aliphatic carbocycles. The molecule has 2 aromatic heterocycles. The third-order valence-electron chi connectivity index (χ3n) is 5.99. The normalized spacial score (nSPS) is 15.5. The van der Waals surface area contributed by atoms with Crippen molar-refractivity contribution in [1.29, 1.82) is 0 Å². The molecule has 35 heavy (non-hydrogen) atoms. The smallest absolute Gasteiger partial charge is 0.344 e. The molecule has 1 aromatic carbocycles. The zero-order chi connectivity index (χ0) is 24.8. The molecule has 184 valence electrons. The van der Waals surface area contributed by atoms with Crippen LogP contribution in [0.25, 0.3) is 0 Å². The van der Waals surface area contributed by atoms with E-state index >= 15 is 0 Å². The van der Waals surface area contributed by atoms with Crippen LogP contribution in [0, 0.1) is 5.82 Å². The first-order chi connectivity index (χ1) is 16.9. The van der Waals surface area contributed by atoms with E-state index in [1.165, 1.54) is 13.0 Å². The molecule has 0 radical (unpaired) electrons. The Hall–Kier alpha value is -3.23. The van der Waals surface area contributed by atoms with E-state index < -0.39 is 17.9 Å². The SMILES string of the molecule is CC(Oc1ccc(CN2CCC(c3cccc(OCc4ccc(Cl)cc4F)n3)CC2)nc1)C(=O)O. The zero-order valence-corrected chi connectivity index (χ0v) is 20.1. The fourth-order valence-corrected chi connectivity index (χ4v) is 4.13. The van der Waals surface area contributed by atoms with Crippen molar-refractivity contribution in [3.63, 3.8) is 0 Å². The second-order valence-electron chi connectivity index (χ2n) is 8.56. The number of benzene rings is 1. The quantitative estimate of drug-likeness (QED) is 0.439. The number of likely N-dealkylation sites (tertiary alicyclic amines) is 1. The molecule has 1 saturated heterocycles. The number of carboxylic acid groups (broad SMARTS) is 1. The van der Waals surface area contributed by atoms with E-state index in [1.807, 2.05) is 18.2 Å². The van der Waals surface area contributed by atoms with Gasteiger partial charge < -0.3 is 14.6 Å². The van der Waals surface area contributed by atoms with Gasteiger partial charge in [-0.15, -0.1) is 0 Å². The fraction of sp³-hybridized carbons (Fsp3) is 0.346. The van der Waals surface area contributed by atoms with Crippen molar-refractivity contribution in [2.45, 2.75) is 44.9 Å². The average molecular weight is 500 g/mol. The molecule has 1 aliphatic rings. The minimum Gasteiger partial charge on any atom is -0.479 e. The second kappa shape index (κ2) is 11.5. The van der Waals surface area contributed by atoms with E-state index in [1.54, 1.807) is 30.5 Å². The van der Waals surface area contributed by atoms with Gasteiger partial charge in [0, 0.05) is 34.8 Å². The summed E-state index contributed by atoms with van der Waals surface area (Å²) in [4.78, 5) is 22.3. The number of carbonyl (C=O) groups is 1. The maximum Gasteiger partial charge on any atom is 0.344 e. The van der Waals surface area contributed by atoms with E-state index in [9.17, 15) is 9.18 Å². The van der Waals surface area contributed by atoms with Gasteiger partial charge in [-0.2, -0.15) is 0 Å². The van der Waals surface area contributed by atoms with Gasteiger partial charge in [-0.25, -0.2) is 14.2 Å². The molecule has 3 heterocycles. The van der Waals surface area contributed by atoms with Crippen molar-refractivity contribution in [2.75, 3.05) is 13.1 Å². The third-order valence-corrected chi connectivity index (χ3v) is 6.22. The van der Waals surface area contributed by atoms with E-state index in [2.05, 4.69) is 14.9 Å². The van der Waals surface area contributed by atoms with E-state index in [0.29, 0.717) is 34.7 Å². The highest BCUT2D eigenvalue weighted by molar-refractivity contribution is 6.30. The maximum atomic E-state index is 14.0. The van der Waals surface area contributed by atoms with Gasteiger partial charge in [-0.3, -0.25) is 9.88 Å². The molecule has 1 fully saturated rings. The third kappa shape index (κ3) is 6.90. The molecule has 0 saturated carbocycles. The predicted molar refractivity (Wildman–Crippen MR) is 129 cm³/mol. The average Bonchev–Trinajstić information content (AvgIpc) is 2.85. The highest BCUT2D eigenvalue weighted by Gasteiger charge is 2.22. The molecule has 0 spiro atoms. The lowest BCUT2D eigenvalue weighted by Crippen LogP contribution is -2.33. The number of aromatic nitrogens is 2. The predicted octanol–water partition coefficient (Wildman–Crippen LogP) is 5.08. The number of hydrogen-bond donors (Lipinski definition) is 1. The molecule has 1 unspecified atom stereocenters. The zero-order valence-electron chi connectivity index (χ0n) is 19.4. The van der Waals surface area contributed by atoms with Crippen LogP contribution in [0.1, 0.15) is 42.6 Å². The van der Waals surface area contributed by atoms with Crippen molar-refractivity contribution in [2.24, 2.45) is 0 Å². The monoisotopic (exact) mass is 499 g/mol. The topological polar surface area (TPSA) is 84.8 Å². The largest absolute Gasteiger partial charge is 0.479 e. The first-order valence-corrected chi connectivity index (χ1v) is 11.9. The first-order valence-electron chi connectivity index (χ1n) is 11.5. The van der Waals surface area contributed by atoms with Crippen LogP contribution in [0.3, 0.4) is 0 Å². The molecule has 0 amide bonds. The van der Waals surface area contributed by atoms with Crippen molar-refractivity contribution >= 4 is 17.6 Å². The minimum atomic E-state index is -1.01. The second-order valence-corrected chi connectivity index (χ2v) is 9.00. The summed E-state index contributed by atoms with van der Waals surface area (Å²) >= 11 is 5.81. The Bertz CT molecular complexity index is 1150. The van der Waals surface area contributed by atoms with Crippen molar-refractivity contribution in [3.05, 3.63) is 82.5 Å². The Morgan fingerprint density at radius 3 is 2.71 bits per heavy atom. The summed E-state index contributed by atoms with van der Waals surface area (Å²) < 4.78 is 25.1. The number of nitrogens with zero attached hydrogens (tertiary/aromatic N) is 3. The Labute approximate surface area is 208 Å². The summed E-state index contributed by atoms with van der Waals surface area (Å²) in [6, 6.07) is 13.8. The van der Waals surface area contributed by atoms with E-state index in [0.717, 1.165) is 37.3 Å². The number of carboxylic acids is 1. The number of piperidine rings is 1. The lowest BCUT2D eigenvalue weighted by Gasteiger charge is -2.31. The lowest BCUT2D eigenvalue weighted by molar-refractivity contribution is -0.144. The molecule has 0 bridgehead atoms. The fourth-order valence-electron chi connectivity index (χ4n) is 3.97. The van der Waals surface area contributed by atoms with Crippen molar-refractivity contribution in [1.82, 2.24) is 14.9 Å². The summed E-state index contributed by atoms with van der Waals surface area (Å²) in [5, 5.41) is 9.30. The molecule has 4 rings (SSSR count). The standard InChI is InChI=1S/C26H27ClFN3O4/c1-17(26(32)33)35-22-8-7-21(29-14-22)15-31-11-9-18(10-12-31)24-3-2-4-25(30-24)34-16-19-5-6-20(27)13-23(19)28/h2-8,13-14,17-18H,9-12,15-16H2,1H3,(H,32,33). The summed E-state index contributed by atoms with van der Waals surface area (Å²) in [7, 11) is 0. The molecular formula is C26H27ClFN3O4. The van der Waals surface area contributed by atoms with Gasteiger partial charge >= 0.3 is 5.97 Å². The summed E-state index contributed by atoms with van der Waals surface area (Å²) in [5.74, 6) is -0.174. The van der Waals surface area contributed by atoms with E-state index in [4.69, 9.17) is 26.2 Å². The van der Waals surface area contributed by atoms with Crippen LogP contribution in [0.2, 0.25) is 5.02 Å². The van der Waals surface area contributed by atoms with Gasteiger partial charge in [0.15, 0.2) is 6.10 Å². The Kier molecular flexibility index (Phi) is 8.15. The summed E-state index contributed by atoms with van der Waals surface area (Å²) in [5.41, 5.74) is 2.31. The number of rotatable bonds is 9. The molecule has 1 N–H and O–H groups in total.